The van der Waals surface area contributed by atoms with Gasteiger partial charge in [-0.3, -0.25) is 4.79 Å². The number of methoxy groups -OCH3 is 2. The lowest BCUT2D eigenvalue weighted by Gasteiger charge is -2.14. The predicted molar refractivity (Wildman–Crippen MR) is 84.8 cm³/mol. The van der Waals surface area contributed by atoms with E-state index in [0.29, 0.717) is 41.4 Å². The second-order valence-corrected chi connectivity index (χ2v) is 5.13. The Hall–Kier alpha value is -2.69. The third-order valence-electron chi connectivity index (χ3n) is 3.77. The van der Waals surface area contributed by atoms with Crippen LogP contribution in [0.1, 0.15) is 22.3 Å². The van der Waals surface area contributed by atoms with Gasteiger partial charge >= 0.3 is 0 Å². The minimum Gasteiger partial charge on any atom is -0.496 e. The van der Waals surface area contributed by atoms with Crippen LogP contribution in [0.2, 0.25) is 0 Å². The average molecular weight is 314 g/mol. The van der Waals surface area contributed by atoms with Gasteiger partial charge in [-0.05, 0) is 12.0 Å². The standard InChI is InChI=1S/C18H18O5/c1-20-14-10-15-17(23-11-22-15)18(21-2)16(14)13(19)9-8-12-6-4-3-5-7-12/h3-7,10H,8-9,11H2,1-2H3. The molecule has 0 atom stereocenters. The number of rotatable bonds is 6. The summed E-state index contributed by atoms with van der Waals surface area (Å²) in [5, 5.41) is 0. The van der Waals surface area contributed by atoms with Gasteiger partial charge in [-0.2, -0.15) is 0 Å². The van der Waals surface area contributed by atoms with E-state index < -0.39 is 0 Å². The minimum absolute atomic E-state index is 0.0548. The van der Waals surface area contributed by atoms with Crippen molar-refractivity contribution in [1.82, 2.24) is 0 Å². The molecule has 120 valence electrons. The second kappa shape index (κ2) is 6.60. The molecule has 23 heavy (non-hydrogen) atoms. The minimum atomic E-state index is -0.0548. The Kier molecular flexibility index (Phi) is 4.37. The Morgan fingerprint density at radius 1 is 1.13 bits per heavy atom. The van der Waals surface area contributed by atoms with E-state index in [0.717, 1.165) is 5.56 Å². The fourth-order valence-electron chi connectivity index (χ4n) is 2.64. The first kappa shape index (κ1) is 15.2. The van der Waals surface area contributed by atoms with Crippen molar-refractivity contribution in [2.75, 3.05) is 21.0 Å². The fourth-order valence-corrected chi connectivity index (χ4v) is 2.64. The van der Waals surface area contributed by atoms with Crippen molar-refractivity contribution in [3.05, 3.63) is 47.5 Å². The number of carbonyl (C=O) groups excluding carboxylic acids is 1. The zero-order valence-electron chi connectivity index (χ0n) is 13.1. The van der Waals surface area contributed by atoms with Gasteiger partial charge in [0.2, 0.25) is 12.5 Å². The molecule has 0 spiro atoms. The molecular formula is C18H18O5. The number of benzene rings is 2. The highest BCUT2D eigenvalue weighted by atomic mass is 16.7. The summed E-state index contributed by atoms with van der Waals surface area (Å²) in [6.07, 6.45) is 1.01. The number of fused-ring (bicyclic) bond motifs is 1. The summed E-state index contributed by atoms with van der Waals surface area (Å²) in [6, 6.07) is 11.5. The van der Waals surface area contributed by atoms with Gasteiger partial charge < -0.3 is 18.9 Å². The maximum atomic E-state index is 12.7. The molecule has 0 saturated carbocycles. The first-order chi connectivity index (χ1) is 11.2. The monoisotopic (exact) mass is 314 g/mol. The van der Waals surface area contributed by atoms with Gasteiger partial charge in [-0.1, -0.05) is 30.3 Å². The molecule has 3 rings (SSSR count). The number of hydrogen-bond acceptors (Lipinski definition) is 5. The van der Waals surface area contributed by atoms with Crippen molar-refractivity contribution < 1.29 is 23.7 Å². The van der Waals surface area contributed by atoms with Gasteiger partial charge in [0.25, 0.3) is 0 Å². The van der Waals surface area contributed by atoms with Crippen LogP contribution in [0, 0.1) is 0 Å². The quantitative estimate of drug-likeness (QED) is 0.766. The highest BCUT2D eigenvalue weighted by Gasteiger charge is 2.29. The smallest absolute Gasteiger partial charge is 0.231 e. The summed E-state index contributed by atoms with van der Waals surface area (Å²) < 4.78 is 21.5. The number of ketones is 1. The summed E-state index contributed by atoms with van der Waals surface area (Å²) in [7, 11) is 3.02. The fraction of sp³-hybridized carbons (Fsp3) is 0.278. The van der Waals surface area contributed by atoms with E-state index in [-0.39, 0.29) is 12.6 Å². The number of Topliss-reactive ketones (excluding diaryl/α,β-unsaturated/α-hetero) is 1. The van der Waals surface area contributed by atoms with Crippen molar-refractivity contribution in [3.8, 4) is 23.0 Å². The molecule has 0 aliphatic carbocycles. The van der Waals surface area contributed by atoms with Crippen LogP contribution >= 0.6 is 0 Å². The summed E-state index contributed by atoms with van der Waals surface area (Å²) >= 11 is 0. The van der Waals surface area contributed by atoms with Crippen molar-refractivity contribution in [3.63, 3.8) is 0 Å². The lowest BCUT2D eigenvalue weighted by molar-refractivity contribution is 0.0976. The van der Waals surface area contributed by atoms with Gasteiger partial charge in [0, 0.05) is 12.5 Å². The Morgan fingerprint density at radius 2 is 1.91 bits per heavy atom. The number of carbonyl (C=O) groups is 1. The first-order valence-electron chi connectivity index (χ1n) is 7.36. The molecule has 0 aromatic heterocycles. The van der Waals surface area contributed by atoms with E-state index in [9.17, 15) is 4.79 Å². The number of aryl methyl sites for hydroxylation is 1. The van der Waals surface area contributed by atoms with Crippen molar-refractivity contribution in [1.29, 1.82) is 0 Å². The molecule has 0 saturated heterocycles. The Balaban J connectivity index is 1.90. The van der Waals surface area contributed by atoms with Crippen molar-refractivity contribution in [2.24, 2.45) is 0 Å². The summed E-state index contributed by atoms with van der Waals surface area (Å²) in [6.45, 7) is 0.108. The van der Waals surface area contributed by atoms with Gasteiger partial charge in [-0.15, -0.1) is 0 Å². The molecule has 5 nitrogen and oxygen atoms in total. The Morgan fingerprint density at radius 3 is 2.61 bits per heavy atom. The third kappa shape index (κ3) is 2.95. The lowest BCUT2D eigenvalue weighted by atomic mass is 10.0. The van der Waals surface area contributed by atoms with E-state index in [1.54, 1.807) is 6.07 Å². The number of hydrogen-bond donors (Lipinski definition) is 0. The topological polar surface area (TPSA) is 54.0 Å². The zero-order valence-corrected chi connectivity index (χ0v) is 13.1. The molecule has 0 bridgehead atoms. The molecule has 1 aliphatic heterocycles. The number of ether oxygens (including phenoxy) is 4. The summed E-state index contributed by atoms with van der Waals surface area (Å²) in [5.74, 6) is 1.73. The van der Waals surface area contributed by atoms with Gasteiger partial charge in [0.15, 0.2) is 17.3 Å². The van der Waals surface area contributed by atoms with Gasteiger partial charge in [0.05, 0.1) is 14.2 Å². The molecule has 0 N–H and O–H groups in total. The van der Waals surface area contributed by atoms with Crippen LogP contribution < -0.4 is 18.9 Å². The van der Waals surface area contributed by atoms with Crippen LogP contribution in [0.4, 0.5) is 0 Å². The van der Waals surface area contributed by atoms with Crippen molar-refractivity contribution >= 4 is 5.78 Å². The SMILES string of the molecule is COc1cc2c(c(OC)c1C(=O)CCc1ccccc1)OCO2. The highest BCUT2D eigenvalue weighted by molar-refractivity contribution is 6.03. The van der Waals surface area contributed by atoms with Crippen LogP contribution in [-0.4, -0.2) is 26.8 Å². The molecule has 2 aromatic rings. The van der Waals surface area contributed by atoms with E-state index in [1.807, 2.05) is 30.3 Å². The van der Waals surface area contributed by atoms with Crippen LogP contribution in [0.25, 0.3) is 0 Å². The third-order valence-corrected chi connectivity index (χ3v) is 3.77. The first-order valence-corrected chi connectivity index (χ1v) is 7.36. The van der Waals surface area contributed by atoms with E-state index >= 15 is 0 Å². The normalized spacial score (nSPS) is 12.1. The molecule has 1 aliphatic rings. The molecule has 0 amide bonds. The molecule has 0 fully saturated rings. The molecule has 2 aromatic carbocycles. The predicted octanol–water partition coefficient (Wildman–Crippen LogP) is 3.25. The molecule has 0 radical (unpaired) electrons. The van der Waals surface area contributed by atoms with Crippen LogP contribution in [0.5, 0.6) is 23.0 Å². The van der Waals surface area contributed by atoms with Crippen LogP contribution in [0.15, 0.2) is 36.4 Å². The van der Waals surface area contributed by atoms with E-state index in [1.165, 1.54) is 14.2 Å². The van der Waals surface area contributed by atoms with Gasteiger partial charge in [-0.25, -0.2) is 0 Å². The Labute approximate surface area is 134 Å². The van der Waals surface area contributed by atoms with Gasteiger partial charge in [0.1, 0.15) is 11.3 Å². The maximum Gasteiger partial charge on any atom is 0.231 e. The van der Waals surface area contributed by atoms with Crippen molar-refractivity contribution in [2.45, 2.75) is 12.8 Å². The molecule has 0 unspecified atom stereocenters. The zero-order chi connectivity index (χ0) is 16.2. The van der Waals surface area contributed by atoms with E-state index in [4.69, 9.17) is 18.9 Å². The summed E-state index contributed by atoms with van der Waals surface area (Å²) in [5.41, 5.74) is 1.51. The average Bonchev–Trinajstić information content (AvgIpc) is 3.07. The summed E-state index contributed by atoms with van der Waals surface area (Å²) in [4.78, 5) is 12.7. The maximum absolute atomic E-state index is 12.7. The second-order valence-electron chi connectivity index (χ2n) is 5.13. The largest absolute Gasteiger partial charge is 0.496 e. The lowest BCUT2D eigenvalue weighted by Crippen LogP contribution is -2.07. The van der Waals surface area contributed by atoms with Crippen LogP contribution in [-0.2, 0) is 6.42 Å². The highest BCUT2D eigenvalue weighted by Crippen LogP contribution is 2.48. The van der Waals surface area contributed by atoms with Crippen LogP contribution in [0.3, 0.4) is 0 Å². The molecule has 5 heteroatoms. The molecule has 1 heterocycles. The van der Waals surface area contributed by atoms with E-state index in [2.05, 4.69) is 0 Å². The Bertz CT molecular complexity index is 709. The molecular weight excluding hydrogens is 296 g/mol.